The van der Waals surface area contributed by atoms with Gasteiger partial charge in [0.25, 0.3) is 5.91 Å². The minimum absolute atomic E-state index is 0.0236. The zero-order valence-corrected chi connectivity index (χ0v) is 14.0. The van der Waals surface area contributed by atoms with Crippen LogP contribution in [0.1, 0.15) is 15.2 Å². The summed E-state index contributed by atoms with van der Waals surface area (Å²) in [5.74, 6) is 0.202. The molecule has 1 heterocycles. The Morgan fingerprint density at radius 1 is 1.32 bits per heavy atom. The standard InChI is InChI=1S/C13H11Br2NO2S/c1-16(7-8-2-4-9(17)5-3-8)13(18)11-6-10(14)12(15)19-11/h2-6,17H,7H2,1H3. The van der Waals surface area contributed by atoms with Crippen molar-refractivity contribution in [2.45, 2.75) is 6.54 Å². The fraction of sp³-hybridized carbons (Fsp3) is 0.154. The molecule has 0 aliphatic heterocycles. The van der Waals surface area contributed by atoms with Crippen molar-refractivity contribution in [3.63, 3.8) is 0 Å². The number of rotatable bonds is 3. The van der Waals surface area contributed by atoms with Gasteiger partial charge in [-0.3, -0.25) is 4.79 Å². The van der Waals surface area contributed by atoms with Gasteiger partial charge < -0.3 is 10.0 Å². The molecule has 6 heteroatoms. The van der Waals surface area contributed by atoms with Crippen LogP contribution in [0.5, 0.6) is 5.75 Å². The maximum atomic E-state index is 12.2. The second kappa shape index (κ2) is 6.07. The van der Waals surface area contributed by atoms with E-state index in [0.29, 0.717) is 11.4 Å². The van der Waals surface area contributed by atoms with Crippen LogP contribution in [0, 0.1) is 0 Å². The molecule has 0 saturated heterocycles. The zero-order valence-electron chi connectivity index (χ0n) is 10.1. The molecule has 0 spiro atoms. The van der Waals surface area contributed by atoms with Gasteiger partial charge in [-0.05, 0) is 55.6 Å². The minimum atomic E-state index is -0.0236. The molecule has 1 N–H and O–H groups in total. The average molecular weight is 405 g/mol. The molecule has 3 nitrogen and oxygen atoms in total. The molecule has 2 rings (SSSR count). The zero-order chi connectivity index (χ0) is 14.0. The lowest BCUT2D eigenvalue weighted by Gasteiger charge is -2.16. The highest BCUT2D eigenvalue weighted by atomic mass is 79.9. The number of carbonyl (C=O) groups excluding carboxylic acids is 1. The number of carbonyl (C=O) groups is 1. The van der Waals surface area contributed by atoms with Crippen LogP contribution in [0.15, 0.2) is 38.6 Å². The fourth-order valence-corrected chi connectivity index (χ4v) is 3.62. The number of halogens is 2. The lowest BCUT2D eigenvalue weighted by Crippen LogP contribution is -2.25. The van der Waals surface area contributed by atoms with Crippen LogP contribution in [0.4, 0.5) is 0 Å². The Balaban J connectivity index is 2.09. The van der Waals surface area contributed by atoms with E-state index in [1.54, 1.807) is 36.2 Å². The molecule has 19 heavy (non-hydrogen) atoms. The molecule has 0 unspecified atom stereocenters. The van der Waals surface area contributed by atoms with Crippen molar-refractivity contribution in [2.75, 3.05) is 7.05 Å². The quantitative estimate of drug-likeness (QED) is 0.830. The summed E-state index contributed by atoms with van der Waals surface area (Å²) in [6, 6.07) is 8.65. The summed E-state index contributed by atoms with van der Waals surface area (Å²) in [7, 11) is 1.76. The Hall–Kier alpha value is -0.850. The van der Waals surface area contributed by atoms with Gasteiger partial charge in [-0.1, -0.05) is 12.1 Å². The molecule has 0 aliphatic rings. The van der Waals surface area contributed by atoms with Crippen molar-refractivity contribution < 1.29 is 9.90 Å². The van der Waals surface area contributed by atoms with Gasteiger partial charge in [-0.25, -0.2) is 0 Å². The van der Waals surface area contributed by atoms with Gasteiger partial charge in [-0.2, -0.15) is 0 Å². The molecule has 1 amide bonds. The van der Waals surface area contributed by atoms with Crippen molar-refractivity contribution in [3.8, 4) is 5.75 Å². The molecule has 2 aromatic rings. The van der Waals surface area contributed by atoms with Crippen LogP contribution in [0.2, 0.25) is 0 Å². The van der Waals surface area contributed by atoms with Gasteiger partial charge in [0.05, 0.1) is 8.66 Å². The molecule has 100 valence electrons. The highest BCUT2D eigenvalue weighted by Gasteiger charge is 2.16. The average Bonchev–Trinajstić information content (AvgIpc) is 2.71. The van der Waals surface area contributed by atoms with Crippen LogP contribution in [0.25, 0.3) is 0 Å². The molecular formula is C13H11Br2NO2S. The highest BCUT2D eigenvalue weighted by molar-refractivity contribution is 9.13. The summed E-state index contributed by atoms with van der Waals surface area (Å²) in [5.41, 5.74) is 0.975. The predicted molar refractivity (Wildman–Crippen MR) is 83.6 cm³/mol. The number of aromatic hydroxyl groups is 1. The van der Waals surface area contributed by atoms with Crippen molar-refractivity contribution >= 4 is 49.1 Å². The second-order valence-electron chi connectivity index (χ2n) is 4.06. The van der Waals surface area contributed by atoms with Gasteiger partial charge in [0.2, 0.25) is 0 Å². The van der Waals surface area contributed by atoms with Crippen molar-refractivity contribution in [3.05, 3.63) is 49.0 Å². The van der Waals surface area contributed by atoms with Crippen molar-refractivity contribution in [1.29, 1.82) is 0 Å². The molecule has 1 aromatic carbocycles. The van der Waals surface area contributed by atoms with E-state index in [0.717, 1.165) is 13.8 Å². The number of hydrogen-bond donors (Lipinski definition) is 1. The van der Waals surface area contributed by atoms with Crippen LogP contribution in [-0.2, 0) is 6.54 Å². The molecule has 0 radical (unpaired) electrons. The smallest absolute Gasteiger partial charge is 0.264 e. The monoisotopic (exact) mass is 403 g/mol. The number of phenols is 1. The molecular weight excluding hydrogens is 394 g/mol. The van der Waals surface area contributed by atoms with E-state index >= 15 is 0 Å². The largest absolute Gasteiger partial charge is 0.508 e. The molecule has 0 fully saturated rings. The Kier molecular flexibility index (Phi) is 4.65. The van der Waals surface area contributed by atoms with E-state index in [1.807, 2.05) is 6.07 Å². The summed E-state index contributed by atoms with van der Waals surface area (Å²) < 4.78 is 1.80. The first kappa shape index (κ1) is 14.6. The molecule has 1 aromatic heterocycles. The van der Waals surface area contributed by atoms with E-state index in [-0.39, 0.29) is 11.7 Å². The summed E-state index contributed by atoms with van der Waals surface area (Å²) in [6.45, 7) is 0.506. The highest BCUT2D eigenvalue weighted by Crippen LogP contribution is 2.33. The Labute approximate surface area is 132 Å². The first-order chi connectivity index (χ1) is 8.97. The van der Waals surface area contributed by atoms with Crippen LogP contribution < -0.4 is 0 Å². The first-order valence-corrected chi connectivity index (χ1v) is 7.86. The van der Waals surface area contributed by atoms with Gasteiger partial charge in [0.1, 0.15) is 5.75 Å². The van der Waals surface area contributed by atoms with Gasteiger partial charge >= 0.3 is 0 Å². The van der Waals surface area contributed by atoms with E-state index in [2.05, 4.69) is 31.9 Å². The number of amides is 1. The summed E-state index contributed by atoms with van der Waals surface area (Å²) in [5, 5.41) is 9.22. The Bertz CT molecular complexity index is 576. The Morgan fingerprint density at radius 3 is 2.47 bits per heavy atom. The van der Waals surface area contributed by atoms with Gasteiger partial charge in [-0.15, -0.1) is 11.3 Å². The van der Waals surface area contributed by atoms with Crippen LogP contribution in [0.3, 0.4) is 0 Å². The minimum Gasteiger partial charge on any atom is -0.508 e. The number of nitrogens with zero attached hydrogens (tertiary/aromatic N) is 1. The Morgan fingerprint density at radius 2 is 1.95 bits per heavy atom. The molecule has 0 bridgehead atoms. The number of thiophene rings is 1. The second-order valence-corrected chi connectivity index (χ2v) is 7.28. The third kappa shape index (κ3) is 3.58. The van der Waals surface area contributed by atoms with Crippen molar-refractivity contribution in [1.82, 2.24) is 4.90 Å². The third-order valence-electron chi connectivity index (χ3n) is 2.56. The van der Waals surface area contributed by atoms with Gasteiger partial charge in [0.15, 0.2) is 0 Å². The molecule has 0 aliphatic carbocycles. The number of hydrogen-bond acceptors (Lipinski definition) is 3. The summed E-state index contributed by atoms with van der Waals surface area (Å²) >= 11 is 8.16. The van der Waals surface area contributed by atoms with E-state index in [9.17, 15) is 9.90 Å². The maximum absolute atomic E-state index is 12.2. The van der Waals surface area contributed by atoms with E-state index in [1.165, 1.54) is 11.3 Å². The summed E-state index contributed by atoms with van der Waals surface area (Å²) in [6.07, 6.45) is 0. The van der Waals surface area contributed by atoms with E-state index in [4.69, 9.17) is 0 Å². The predicted octanol–water partition coefficient (Wildman–Crippen LogP) is 4.25. The van der Waals surface area contributed by atoms with E-state index < -0.39 is 0 Å². The fourth-order valence-electron chi connectivity index (χ4n) is 1.59. The normalized spacial score (nSPS) is 10.5. The maximum Gasteiger partial charge on any atom is 0.264 e. The first-order valence-electron chi connectivity index (χ1n) is 5.45. The van der Waals surface area contributed by atoms with Crippen LogP contribution >= 0.6 is 43.2 Å². The van der Waals surface area contributed by atoms with Gasteiger partial charge in [0, 0.05) is 18.1 Å². The third-order valence-corrected chi connectivity index (χ3v) is 5.80. The van der Waals surface area contributed by atoms with Crippen molar-refractivity contribution in [2.24, 2.45) is 0 Å². The molecule has 0 saturated carbocycles. The lowest BCUT2D eigenvalue weighted by atomic mass is 10.2. The molecule has 0 atom stereocenters. The number of benzene rings is 1. The number of phenolic OH excluding ortho intramolecular Hbond substituents is 1. The topological polar surface area (TPSA) is 40.5 Å². The van der Waals surface area contributed by atoms with Crippen LogP contribution in [-0.4, -0.2) is 23.0 Å². The summed E-state index contributed by atoms with van der Waals surface area (Å²) in [4.78, 5) is 14.6. The SMILES string of the molecule is CN(Cc1ccc(O)cc1)C(=O)c1cc(Br)c(Br)s1. The lowest BCUT2D eigenvalue weighted by molar-refractivity contribution is 0.0790.